The summed E-state index contributed by atoms with van der Waals surface area (Å²) in [5.74, 6) is -2.26. The fourth-order valence-electron chi connectivity index (χ4n) is 9.68. The van der Waals surface area contributed by atoms with E-state index in [1.54, 1.807) is 48.5 Å². The molecular weight excluding hydrogens is 959 g/mol. The lowest BCUT2D eigenvalue weighted by Gasteiger charge is -2.43. The summed E-state index contributed by atoms with van der Waals surface area (Å²) in [7, 11) is -2.26. The van der Waals surface area contributed by atoms with Crippen molar-refractivity contribution in [3.8, 4) is 0 Å². The zero-order valence-corrected chi connectivity index (χ0v) is 49.4. The number of unbranched alkanes of at least 4 members (excludes halogenated alkanes) is 23. The quantitative estimate of drug-likeness (QED) is 0.0299. The van der Waals surface area contributed by atoms with E-state index >= 15 is 0 Å². The molecule has 2 fully saturated rings. The third-order valence-corrected chi connectivity index (χ3v) is 19.8. The lowest BCUT2D eigenvalue weighted by Crippen LogP contribution is -2.61. The van der Waals surface area contributed by atoms with Crippen LogP contribution in [0.4, 0.5) is 0 Å². The minimum absolute atomic E-state index is 0.0671. The fourth-order valence-corrected chi connectivity index (χ4v) is 10.7. The smallest absolute Gasteiger partial charge is 0.338 e. The van der Waals surface area contributed by atoms with Crippen LogP contribution >= 0.6 is 0 Å². The number of ether oxygens (including phenoxy) is 6. The first-order valence-electron chi connectivity index (χ1n) is 29.8. The normalized spacial score (nSPS) is 20.4. The van der Waals surface area contributed by atoms with Gasteiger partial charge in [-0.15, -0.1) is 0 Å². The van der Waals surface area contributed by atoms with E-state index in [1.807, 2.05) is 32.1 Å². The molecule has 0 aliphatic carbocycles. The van der Waals surface area contributed by atoms with Crippen LogP contribution in [0.2, 0.25) is 18.1 Å². The van der Waals surface area contributed by atoms with Crippen molar-refractivity contribution in [1.82, 2.24) is 5.32 Å². The Morgan fingerprint density at radius 3 is 1.63 bits per heavy atom. The van der Waals surface area contributed by atoms with Gasteiger partial charge in [0, 0.05) is 6.42 Å². The van der Waals surface area contributed by atoms with Crippen molar-refractivity contribution in [3.05, 3.63) is 83.9 Å². The molecule has 1 amide bonds. The summed E-state index contributed by atoms with van der Waals surface area (Å²) in [4.78, 5) is 41.9. The van der Waals surface area contributed by atoms with Gasteiger partial charge >= 0.3 is 11.9 Å². The molecule has 0 aromatic heterocycles. The third kappa shape index (κ3) is 24.4. The fraction of sp³-hybridized carbons (Fsp3) is 0.730. The summed E-state index contributed by atoms with van der Waals surface area (Å²) in [6.45, 7) is 19.2. The number of carbonyl (C=O) groups is 3. The minimum atomic E-state index is -2.26. The molecule has 0 bridgehead atoms. The van der Waals surface area contributed by atoms with Crippen LogP contribution < -0.4 is 5.32 Å². The Balaban J connectivity index is 1.55. The van der Waals surface area contributed by atoms with Crippen molar-refractivity contribution in [2.24, 2.45) is 0 Å². The van der Waals surface area contributed by atoms with Crippen LogP contribution in [-0.4, -0.2) is 88.0 Å². The number of fused-ring (bicyclic) bond motifs is 1. The van der Waals surface area contributed by atoms with E-state index in [4.69, 9.17) is 32.8 Å². The van der Waals surface area contributed by atoms with Gasteiger partial charge in [0.15, 0.2) is 26.5 Å². The number of hydrogen-bond donors (Lipinski definition) is 1. The topological polar surface area (TPSA) is 128 Å². The van der Waals surface area contributed by atoms with Gasteiger partial charge < -0.3 is 38.2 Å². The van der Waals surface area contributed by atoms with Gasteiger partial charge in [-0.1, -0.05) is 218 Å². The van der Waals surface area contributed by atoms with Gasteiger partial charge in [0.25, 0.3) is 0 Å². The maximum atomic E-state index is 14.1. The number of esters is 2. The van der Waals surface area contributed by atoms with E-state index in [2.05, 4.69) is 59.1 Å². The Morgan fingerprint density at radius 1 is 0.653 bits per heavy atom. The molecule has 0 radical (unpaired) electrons. The first kappa shape index (κ1) is 64.1. The van der Waals surface area contributed by atoms with Gasteiger partial charge in [0.2, 0.25) is 5.91 Å². The number of amides is 1. The van der Waals surface area contributed by atoms with E-state index in [9.17, 15) is 14.4 Å². The molecule has 7 atom stereocenters. The molecule has 12 heteroatoms. The maximum absolute atomic E-state index is 14.1. The summed E-state index contributed by atoms with van der Waals surface area (Å²) in [5, 5.41) is 3.17. The Bertz CT molecular complexity index is 1890. The van der Waals surface area contributed by atoms with Crippen LogP contribution in [-0.2, 0) is 37.6 Å². The van der Waals surface area contributed by atoms with Crippen molar-refractivity contribution >= 4 is 26.2 Å². The predicted molar refractivity (Wildman–Crippen MR) is 305 cm³/mol. The Kier molecular flexibility index (Phi) is 30.1. The number of carbonyl (C=O) groups excluding carboxylic acids is 3. The number of rotatable bonds is 39. The van der Waals surface area contributed by atoms with Crippen LogP contribution in [0, 0.1) is 0 Å². The molecule has 0 saturated carbocycles. The summed E-state index contributed by atoms with van der Waals surface area (Å²) < 4.78 is 46.1. The van der Waals surface area contributed by atoms with E-state index in [-0.39, 0.29) is 24.2 Å². The van der Waals surface area contributed by atoms with Gasteiger partial charge in [-0.2, -0.15) is 0 Å². The van der Waals surface area contributed by atoms with Crippen molar-refractivity contribution in [2.45, 2.75) is 282 Å². The number of nitrogens with one attached hydrogen (secondary N) is 1. The highest BCUT2D eigenvalue weighted by atomic mass is 28.4. The number of benzene rings is 2. The molecule has 2 aromatic rings. The third-order valence-electron chi connectivity index (χ3n) is 15.3. The minimum Gasteiger partial charge on any atom is -0.452 e. The Morgan fingerprint density at radius 2 is 1.12 bits per heavy atom. The molecule has 0 unspecified atom stereocenters. The summed E-state index contributed by atoms with van der Waals surface area (Å²) in [6, 6.07) is 16.9. The first-order valence-corrected chi connectivity index (χ1v) is 32.7. The molecule has 11 nitrogen and oxygen atoms in total. The Labute approximate surface area is 456 Å². The zero-order valence-electron chi connectivity index (χ0n) is 48.4. The molecule has 424 valence electrons. The average Bonchev–Trinajstić information content (AvgIpc) is 3.72. The monoisotopic (exact) mass is 1060 g/mol. The summed E-state index contributed by atoms with van der Waals surface area (Å²) in [5.41, 5.74) is 0.767. The second kappa shape index (κ2) is 35.2. The maximum Gasteiger partial charge on any atom is 0.338 e. The first-order chi connectivity index (χ1) is 36.0. The summed E-state index contributed by atoms with van der Waals surface area (Å²) >= 11 is 0. The van der Waals surface area contributed by atoms with Gasteiger partial charge in [0.1, 0.15) is 24.4 Å². The van der Waals surface area contributed by atoms with Crippen LogP contribution in [0.1, 0.15) is 236 Å². The second-order valence-electron chi connectivity index (χ2n) is 23.4. The summed E-state index contributed by atoms with van der Waals surface area (Å²) in [6.07, 6.45) is 29.4. The zero-order chi connectivity index (χ0) is 54.4. The highest BCUT2D eigenvalue weighted by Gasteiger charge is 2.58. The molecular formula is C63H103NO10Si. The second-order valence-corrected chi connectivity index (χ2v) is 28.2. The van der Waals surface area contributed by atoms with E-state index in [1.165, 1.54) is 122 Å². The average molecular weight is 1060 g/mol. The molecule has 2 saturated heterocycles. The van der Waals surface area contributed by atoms with E-state index in [0.29, 0.717) is 17.5 Å². The van der Waals surface area contributed by atoms with Crippen LogP contribution in [0.25, 0.3) is 0 Å². The van der Waals surface area contributed by atoms with Gasteiger partial charge in [-0.3, -0.25) is 4.79 Å². The Hall–Kier alpha value is -3.39. The van der Waals surface area contributed by atoms with Crippen molar-refractivity contribution in [1.29, 1.82) is 0 Å². The largest absolute Gasteiger partial charge is 0.452 e. The molecule has 75 heavy (non-hydrogen) atoms. The SMILES string of the molecule is CCCCCCCCCCCCCC=C[C@@H](OC(=O)c1ccccc1)[C@H](CO[C@H]1O[C@H](CO[Si](C)(C)C(C)(C)C)[C@@H]2OC(C)(C)O[C@@H]2[C@H]1OC(=O)c1ccccc1)NC(=O)CCCCCCCCCCCCCCC. The lowest BCUT2D eigenvalue weighted by atomic mass is 9.99. The molecule has 2 aliphatic rings. The van der Waals surface area contributed by atoms with Crippen molar-refractivity contribution in [3.63, 3.8) is 0 Å². The predicted octanol–water partition coefficient (Wildman–Crippen LogP) is 15.9. The van der Waals surface area contributed by atoms with Crippen LogP contribution in [0.3, 0.4) is 0 Å². The molecule has 4 rings (SSSR count). The highest BCUT2D eigenvalue weighted by molar-refractivity contribution is 6.74. The molecule has 0 spiro atoms. The molecule has 1 N–H and O–H groups in total. The molecule has 2 aromatic carbocycles. The van der Waals surface area contributed by atoms with Crippen LogP contribution in [0.5, 0.6) is 0 Å². The number of allylic oxidation sites excluding steroid dienone is 1. The number of hydrogen-bond acceptors (Lipinski definition) is 10. The molecule has 2 heterocycles. The van der Waals surface area contributed by atoms with E-state index in [0.717, 1.165) is 38.5 Å². The van der Waals surface area contributed by atoms with Gasteiger partial charge in [-0.05, 0) is 81.6 Å². The van der Waals surface area contributed by atoms with Crippen molar-refractivity contribution < 1.29 is 47.2 Å². The standard InChI is InChI=1S/C63H103NO10Si/c1-10-12-14-16-18-20-22-24-26-28-30-32-40-46-53(70-59(66)50-42-36-34-37-43-50)52(64-55(65)47-41-33-31-29-27-25-23-21-19-17-15-13-11-2)48-68-61-58(72-60(67)51-44-38-35-39-45-51)57-56(73-63(6,7)74-57)54(71-61)49-69-75(8,9)62(3,4)5/h34-40,42-46,52-54,56-58,61H,10-33,41,47-49H2,1-9H3,(H,64,65)/t52-,53+,54+,56-,57-,58+,61-/m0/s1. The van der Waals surface area contributed by atoms with Gasteiger partial charge in [0.05, 0.1) is 30.4 Å². The van der Waals surface area contributed by atoms with Crippen LogP contribution in [0.15, 0.2) is 72.8 Å². The highest BCUT2D eigenvalue weighted by Crippen LogP contribution is 2.42. The van der Waals surface area contributed by atoms with Gasteiger partial charge in [-0.25, -0.2) is 9.59 Å². The van der Waals surface area contributed by atoms with Crippen molar-refractivity contribution in [2.75, 3.05) is 13.2 Å². The lowest BCUT2D eigenvalue weighted by molar-refractivity contribution is -0.282. The molecule has 2 aliphatic heterocycles. The van der Waals surface area contributed by atoms with E-state index < -0.39 is 68.9 Å².